The summed E-state index contributed by atoms with van der Waals surface area (Å²) in [6, 6.07) is 7.84. The smallest absolute Gasteiger partial charge is 0.254 e. The van der Waals surface area contributed by atoms with Gasteiger partial charge in [0.05, 0.1) is 0 Å². The Morgan fingerprint density at radius 3 is 2.42 bits per heavy atom. The maximum Gasteiger partial charge on any atom is 0.254 e. The number of hydrogen-bond donors (Lipinski definition) is 2. The molecule has 0 radical (unpaired) electrons. The van der Waals surface area contributed by atoms with E-state index in [9.17, 15) is 9.59 Å². The Hall–Kier alpha value is -1.59. The van der Waals surface area contributed by atoms with Gasteiger partial charge in [-0.05, 0) is 56.3 Å². The maximum atomic E-state index is 12.7. The summed E-state index contributed by atoms with van der Waals surface area (Å²) in [5.41, 5.74) is 7.48. The quantitative estimate of drug-likeness (QED) is 0.825. The molecule has 1 saturated carbocycles. The van der Waals surface area contributed by atoms with Crippen LogP contribution in [0.25, 0.3) is 0 Å². The highest BCUT2D eigenvalue weighted by molar-refractivity contribution is 5.94. The average Bonchev–Trinajstić information content (AvgIpc) is 3.29. The van der Waals surface area contributed by atoms with Crippen molar-refractivity contribution >= 4 is 24.2 Å². The van der Waals surface area contributed by atoms with E-state index >= 15 is 0 Å². The molecule has 2 fully saturated rings. The van der Waals surface area contributed by atoms with Crippen molar-refractivity contribution in [2.75, 3.05) is 13.1 Å². The van der Waals surface area contributed by atoms with Gasteiger partial charge in [0.25, 0.3) is 5.91 Å². The van der Waals surface area contributed by atoms with Crippen LogP contribution < -0.4 is 11.1 Å². The molecule has 3 N–H and O–H groups in total. The second-order valence-electron chi connectivity index (χ2n) is 7.54. The van der Waals surface area contributed by atoms with Crippen molar-refractivity contribution in [3.05, 3.63) is 35.4 Å². The predicted molar refractivity (Wildman–Crippen MR) is 105 cm³/mol. The van der Waals surface area contributed by atoms with Crippen LogP contribution in [0.5, 0.6) is 0 Å². The Bertz CT molecular complexity index is 614. The molecule has 6 heteroatoms. The summed E-state index contributed by atoms with van der Waals surface area (Å²) < 4.78 is 0. The molecule has 26 heavy (non-hydrogen) atoms. The molecule has 1 aliphatic heterocycles. The molecule has 144 valence electrons. The van der Waals surface area contributed by atoms with Gasteiger partial charge in [-0.1, -0.05) is 25.0 Å². The monoisotopic (exact) mass is 379 g/mol. The molecule has 1 saturated heterocycles. The lowest BCUT2D eigenvalue weighted by atomic mass is 10.1. The maximum absolute atomic E-state index is 12.7. The van der Waals surface area contributed by atoms with Crippen molar-refractivity contribution in [1.82, 2.24) is 10.2 Å². The highest BCUT2D eigenvalue weighted by Crippen LogP contribution is 2.25. The number of rotatable bonds is 5. The van der Waals surface area contributed by atoms with Crippen molar-refractivity contribution in [2.45, 2.75) is 51.6 Å². The van der Waals surface area contributed by atoms with Crippen LogP contribution in [0, 0.1) is 11.8 Å². The van der Waals surface area contributed by atoms with Crippen LogP contribution in [0.4, 0.5) is 0 Å². The van der Waals surface area contributed by atoms with Gasteiger partial charge in [0, 0.05) is 30.6 Å². The molecule has 1 heterocycles. The first-order valence-corrected chi connectivity index (χ1v) is 9.46. The zero-order valence-electron chi connectivity index (χ0n) is 15.4. The molecule has 2 unspecified atom stereocenters. The zero-order valence-corrected chi connectivity index (χ0v) is 16.3. The third-order valence-corrected chi connectivity index (χ3v) is 5.65. The minimum absolute atomic E-state index is 0. The minimum atomic E-state index is 0. The Morgan fingerprint density at radius 2 is 1.85 bits per heavy atom. The lowest BCUT2D eigenvalue weighted by Gasteiger charge is -2.21. The molecular weight excluding hydrogens is 350 g/mol. The third-order valence-electron chi connectivity index (χ3n) is 5.65. The predicted octanol–water partition coefficient (Wildman–Crippen LogP) is 2.72. The second kappa shape index (κ2) is 9.38. The number of benzene rings is 1. The molecule has 0 aromatic heterocycles. The number of hydrogen-bond acceptors (Lipinski definition) is 3. The van der Waals surface area contributed by atoms with E-state index in [1.54, 1.807) is 0 Å². The van der Waals surface area contributed by atoms with E-state index in [0.29, 0.717) is 24.6 Å². The lowest BCUT2D eigenvalue weighted by molar-refractivity contribution is -0.124. The van der Waals surface area contributed by atoms with Crippen molar-refractivity contribution in [3.8, 4) is 0 Å². The molecule has 2 amide bonds. The van der Waals surface area contributed by atoms with Crippen LogP contribution in [0.2, 0.25) is 0 Å². The van der Waals surface area contributed by atoms with Crippen LogP contribution in [-0.4, -0.2) is 35.8 Å². The molecule has 1 aliphatic carbocycles. The van der Waals surface area contributed by atoms with Crippen molar-refractivity contribution in [2.24, 2.45) is 17.6 Å². The van der Waals surface area contributed by atoms with E-state index in [1.807, 2.05) is 29.2 Å². The van der Waals surface area contributed by atoms with E-state index in [1.165, 1.54) is 0 Å². The Kier molecular flexibility index (Phi) is 7.47. The number of carbonyl (C=O) groups is 2. The fraction of sp³-hybridized carbons (Fsp3) is 0.600. The molecule has 2 atom stereocenters. The number of nitrogens with one attached hydrogen (secondary N) is 1. The highest BCUT2D eigenvalue weighted by Gasteiger charge is 2.32. The molecular formula is C20H30ClN3O2. The summed E-state index contributed by atoms with van der Waals surface area (Å²) in [6.07, 6.45) is 5.32. The summed E-state index contributed by atoms with van der Waals surface area (Å²) in [5, 5.41) is 3.02. The van der Waals surface area contributed by atoms with Gasteiger partial charge in [-0.2, -0.15) is 0 Å². The number of likely N-dealkylation sites (tertiary alicyclic amines) is 1. The van der Waals surface area contributed by atoms with Gasteiger partial charge >= 0.3 is 0 Å². The summed E-state index contributed by atoms with van der Waals surface area (Å²) in [4.78, 5) is 26.7. The standard InChI is InChI=1S/C20H29N3O2.ClH/c1-14-10-16(11-21)13-23(14)20(25)18-8-6-15(7-9-18)12-22-19(24)17-4-2-3-5-17;/h6-9,14,16-17H,2-5,10-13,21H2,1H3,(H,22,24);1H. The van der Waals surface area contributed by atoms with E-state index in [-0.39, 0.29) is 36.2 Å². The lowest BCUT2D eigenvalue weighted by Crippen LogP contribution is -2.34. The van der Waals surface area contributed by atoms with E-state index in [0.717, 1.165) is 44.2 Å². The fourth-order valence-corrected chi connectivity index (χ4v) is 4.05. The first kappa shape index (κ1) is 20.7. The summed E-state index contributed by atoms with van der Waals surface area (Å²) in [5.74, 6) is 0.832. The summed E-state index contributed by atoms with van der Waals surface area (Å²) >= 11 is 0. The normalized spacial score (nSPS) is 22.9. The Balaban J connectivity index is 0.00000243. The van der Waals surface area contributed by atoms with Crippen molar-refractivity contribution in [1.29, 1.82) is 0 Å². The molecule has 1 aromatic carbocycles. The molecule has 3 rings (SSSR count). The van der Waals surface area contributed by atoms with Crippen LogP contribution in [0.15, 0.2) is 24.3 Å². The van der Waals surface area contributed by atoms with Gasteiger partial charge in [-0.25, -0.2) is 0 Å². The summed E-state index contributed by atoms with van der Waals surface area (Å²) in [7, 11) is 0. The fourth-order valence-electron chi connectivity index (χ4n) is 4.05. The average molecular weight is 380 g/mol. The van der Waals surface area contributed by atoms with Gasteiger partial charge in [0.1, 0.15) is 0 Å². The number of carbonyl (C=O) groups excluding carboxylic acids is 2. The van der Waals surface area contributed by atoms with Gasteiger partial charge in [0.15, 0.2) is 0 Å². The Morgan fingerprint density at radius 1 is 1.19 bits per heavy atom. The third kappa shape index (κ3) is 4.77. The topological polar surface area (TPSA) is 75.4 Å². The first-order chi connectivity index (χ1) is 12.1. The van der Waals surface area contributed by atoms with E-state index < -0.39 is 0 Å². The SMILES string of the molecule is CC1CC(CN)CN1C(=O)c1ccc(CNC(=O)C2CCCC2)cc1.Cl. The van der Waals surface area contributed by atoms with Crippen molar-refractivity contribution in [3.63, 3.8) is 0 Å². The molecule has 0 bridgehead atoms. The van der Waals surface area contributed by atoms with Gasteiger partial charge in [-0.15, -0.1) is 12.4 Å². The minimum Gasteiger partial charge on any atom is -0.352 e. The zero-order chi connectivity index (χ0) is 17.8. The molecule has 5 nitrogen and oxygen atoms in total. The van der Waals surface area contributed by atoms with Crippen molar-refractivity contribution < 1.29 is 9.59 Å². The number of nitrogens with zero attached hydrogens (tertiary/aromatic N) is 1. The van der Waals surface area contributed by atoms with Crippen LogP contribution in [0.3, 0.4) is 0 Å². The largest absolute Gasteiger partial charge is 0.352 e. The van der Waals surface area contributed by atoms with Crippen LogP contribution >= 0.6 is 12.4 Å². The number of nitrogens with two attached hydrogens (primary N) is 1. The van der Waals surface area contributed by atoms with Gasteiger partial charge in [0.2, 0.25) is 5.91 Å². The van der Waals surface area contributed by atoms with E-state index in [4.69, 9.17) is 5.73 Å². The van der Waals surface area contributed by atoms with E-state index in [2.05, 4.69) is 12.2 Å². The van der Waals surface area contributed by atoms with Crippen LogP contribution in [-0.2, 0) is 11.3 Å². The first-order valence-electron chi connectivity index (χ1n) is 9.46. The highest BCUT2D eigenvalue weighted by atomic mass is 35.5. The molecule has 1 aromatic rings. The number of halogens is 1. The second-order valence-corrected chi connectivity index (χ2v) is 7.54. The summed E-state index contributed by atoms with van der Waals surface area (Å²) in [6.45, 7) is 3.99. The molecule has 2 aliphatic rings. The number of amides is 2. The van der Waals surface area contributed by atoms with Crippen LogP contribution in [0.1, 0.15) is 54.9 Å². The van der Waals surface area contributed by atoms with Gasteiger partial charge in [-0.3, -0.25) is 9.59 Å². The van der Waals surface area contributed by atoms with Gasteiger partial charge < -0.3 is 16.0 Å². The molecule has 0 spiro atoms. The Labute approximate surface area is 162 Å².